The van der Waals surface area contributed by atoms with Crippen molar-refractivity contribution in [3.8, 4) is 5.75 Å². The van der Waals surface area contributed by atoms with Crippen LogP contribution in [0.4, 0.5) is 0 Å². The van der Waals surface area contributed by atoms with E-state index < -0.39 is 10.0 Å². The van der Waals surface area contributed by atoms with Crippen molar-refractivity contribution >= 4 is 10.0 Å². The van der Waals surface area contributed by atoms with Crippen molar-refractivity contribution in [1.29, 1.82) is 0 Å². The first kappa shape index (κ1) is 23.9. The Morgan fingerprint density at radius 1 is 1.19 bits per heavy atom. The van der Waals surface area contributed by atoms with Crippen molar-refractivity contribution in [2.75, 3.05) is 32.5 Å². The summed E-state index contributed by atoms with van der Waals surface area (Å²) in [6.45, 7) is 8.45. The van der Waals surface area contributed by atoms with Gasteiger partial charge < -0.3 is 9.64 Å². The van der Waals surface area contributed by atoms with E-state index in [1.165, 1.54) is 36.8 Å². The number of allylic oxidation sites excluding steroid dienone is 4. The third-order valence-corrected chi connectivity index (χ3v) is 7.72. The summed E-state index contributed by atoms with van der Waals surface area (Å²) in [5.41, 5.74) is 3.67. The van der Waals surface area contributed by atoms with Gasteiger partial charge in [-0.1, -0.05) is 25.1 Å². The standard InChI is InChI=1S/C25H38N2O3S/c1-4-5-6-8-21(2)26-15-12-22(13-16-26)9-7-18-30-25-11-10-24-20-27(31(3,28)29)17-14-23(24)19-25/h5-6,8,10-11,19,22H,4,7,9,12-18,20H2,1-3H3/b6-5-,21-8+. The Hall–Kier alpha value is -1.79. The zero-order valence-corrected chi connectivity index (χ0v) is 20.2. The topological polar surface area (TPSA) is 49.9 Å². The maximum atomic E-state index is 11.8. The van der Waals surface area contributed by atoms with Crippen LogP contribution in [0, 0.1) is 5.92 Å². The molecule has 0 aliphatic carbocycles. The van der Waals surface area contributed by atoms with Crippen LogP contribution in [-0.2, 0) is 23.0 Å². The van der Waals surface area contributed by atoms with Crippen LogP contribution >= 0.6 is 0 Å². The number of sulfonamides is 1. The van der Waals surface area contributed by atoms with Crippen molar-refractivity contribution in [3.05, 3.63) is 53.3 Å². The molecule has 1 fully saturated rings. The second-order valence-corrected chi connectivity index (χ2v) is 10.8. The van der Waals surface area contributed by atoms with E-state index in [-0.39, 0.29) is 0 Å². The highest BCUT2D eigenvalue weighted by Gasteiger charge is 2.23. The molecule has 2 heterocycles. The number of nitrogens with zero attached hydrogens (tertiary/aromatic N) is 2. The van der Waals surface area contributed by atoms with E-state index in [0.717, 1.165) is 56.2 Å². The molecule has 0 atom stereocenters. The predicted octanol–water partition coefficient (Wildman–Crippen LogP) is 4.75. The van der Waals surface area contributed by atoms with E-state index in [1.54, 1.807) is 4.31 Å². The molecule has 2 aliphatic heterocycles. The van der Waals surface area contributed by atoms with Crippen LogP contribution in [0.3, 0.4) is 0 Å². The molecule has 0 saturated carbocycles. The Balaban J connectivity index is 1.37. The minimum Gasteiger partial charge on any atom is -0.494 e. The minimum absolute atomic E-state index is 0.469. The lowest BCUT2D eigenvalue weighted by Crippen LogP contribution is -2.35. The summed E-state index contributed by atoms with van der Waals surface area (Å²) >= 11 is 0. The fourth-order valence-corrected chi connectivity index (χ4v) is 5.26. The summed E-state index contributed by atoms with van der Waals surface area (Å²) in [6, 6.07) is 6.09. The number of rotatable bonds is 9. The second kappa shape index (κ2) is 11.2. The number of hydrogen-bond donors (Lipinski definition) is 0. The zero-order valence-electron chi connectivity index (χ0n) is 19.3. The van der Waals surface area contributed by atoms with Gasteiger partial charge in [0, 0.05) is 31.9 Å². The summed E-state index contributed by atoms with van der Waals surface area (Å²) in [5.74, 6) is 1.70. The lowest BCUT2D eigenvalue weighted by Gasteiger charge is -2.34. The number of ether oxygens (including phenoxy) is 1. The molecule has 6 heteroatoms. The third-order valence-electron chi connectivity index (χ3n) is 6.47. The molecule has 0 bridgehead atoms. The average Bonchev–Trinajstić information content (AvgIpc) is 2.76. The van der Waals surface area contributed by atoms with Gasteiger partial charge in [-0.05, 0) is 80.7 Å². The van der Waals surface area contributed by atoms with E-state index in [9.17, 15) is 8.42 Å². The summed E-state index contributed by atoms with van der Waals surface area (Å²) in [6.07, 6.45) is 14.5. The van der Waals surface area contributed by atoms with Gasteiger partial charge in [0.25, 0.3) is 0 Å². The van der Waals surface area contributed by atoms with Crippen LogP contribution in [0.15, 0.2) is 42.1 Å². The van der Waals surface area contributed by atoms with Crippen LogP contribution in [0.2, 0.25) is 0 Å². The number of hydrogen-bond acceptors (Lipinski definition) is 4. The number of fused-ring (bicyclic) bond motifs is 1. The molecule has 0 N–H and O–H groups in total. The van der Waals surface area contributed by atoms with Crippen LogP contribution in [0.5, 0.6) is 5.75 Å². The highest BCUT2D eigenvalue weighted by Crippen LogP contribution is 2.27. The molecule has 0 aromatic heterocycles. The Kier molecular flexibility index (Phi) is 8.61. The quantitative estimate of drug-likeness (QED) is 0.406. The molecule has 1 aromatic carbocycles. The van der Waals surface area contributed by atoms with Gasteiger partial charge in [0.1, 0.15) is 5.75 Å². The molecule has 2 aliphatic rings. The smallest absolute Gasteiger partial charge is 0.211 e. The summed E-state index contributed by atoms with van der Waals surface area (Å²) in [4.78, 5) is 2.50. The van der Waals surface area contributed by atoms with E-state index in [1.807, 2.05) is 12.1 Å². The molecular formula is C25H38N2O3S. The molecule has 1 saturated heterocycles. The molecule has 0 spiro atoms. The molecule has 31 heavy (non-hydrogen) atoms. The zero-order chi connectivity index (χ0) is 22.3. The number of piperidine rings is 1. The first-order valence-electron chi connectivity index (χ1n) is 11.6. The lowest BCUT2D eigenvalue weighted by molar-refractivity contribution is 0.206. The maximum Gasteiger partial charge on any atom is 0.211 e. The predicted molar refractivity (Wildman–Crippen MR) is 128 cm³/mol. The first-order chi connectivity index (χ1) is 14.9. The minimum atomic E-state index is -3.13. The van der Waals surface area contributed by atoms with Gasteiger partial charge in [-0.3, -0.25) is 0 Å². The second-order valence-electron chi connectivity index (χ2n) is 8.84. The lowest BCUT2D eigenvalue weighted by atomic mass is 9.92. The highest BCUT2D eigenvalue weighted by atomic mass is 32.2. The first-order valence-corrected chi connectivity index (χ1v) is 13.5. The van der Waals surface area contributed by atoms with Crippen molar-refractivity contribution in [3.63, 3.8) is 0 Å². The number of benzene rings is 1. The molecule has 5 nitrogen and oxygen atoms in total. The van der Waals surface area contributed by atoms with E-state index in [2.05, 4.69) is 43.0 Å². The van der Waals surface area contributed by atoms with E-state index in [0.29, 0.717) is 13.1 Å². The molecule has 172 valence electrons. The number of likely N-dealkylation sites (tertiary alicyclic amines) is 1. The third kappa shape index (κ3) is 7.11. The van der Waals surface area contributed by atoms with Gasteiger partial charge in [-0.25, -0.2) is 8.42 Å². The van der Waals surface area contributed by atoms with Gasteiger partial charge in [-0.15, -0.1) is 0 Å². The summed E-state index contributed by atoms with van der Waals surface area (Å²) in [5, 5.41) is 0. The Morgan fingerprint density at radius 2 is 1.97 bits per heavy atom. The molecule has 0 radical (unpaired) electrons. The normalized spacial score (nSPS) is 19.1. The SMILES string of the molecule is CC/C=C\C=C(/C)N1CCC(CCCOc2ccc3c(c2)CCN(S(C)(=O)=O)C3)CC1. The largest absolute Gasteiger partial charge is 0.494 e. The molecular weight excluding hydrogens is 408 g/mol. The average molecular weight is 447 g/mol. The fourth-order valence-electron chi connectivity index (χ4n) is 4.46. The molecule has 0 amide bonds. The monoisotopic (exact) mass is 446 g/mol. The molecule has 1 aromatic rings. The van der Waals surface area contributed by atoms with Crippen molar-refractivity contribution in [2.45, 2.75) is 58.9 Å². The van der Waals surface area contributed by atoms with Crippen LogP contribution in [0.25, 0.3) is 0 Å². The Labute approximate surface area is 188 Å². The summed E-state index contributed by atoms with van der Waals surface area (Å²) in [7, 11) is -3.13. The summed E-state index contributed by atoms with van der Waals surface area (Å²) < 4.78 is 31.1. The van der Waals surface area contributed by atoms with Crippen LogP contribution in [-0.4, -0.2) is 50.1 Å². The van der Waals surface area contributed by atoms with Gasteiger partial charge in [0.15, 0.2) is 0 Å². The van der Waals surface area contributed by atoms with Gasteiger partial charge in [0.05, 0.1) is 12.9 Å². The highest BCUT2D eigenvalue weighted by molar-refractivity contribution is 7.88. The fraction of sp³-hybridized carbons (Fsp3) is 0.600. The van der Waals surface area contributed by atoms with E-state index in [4.69, 9.17) is 4.74 Å². The van der Waals surface area contributed by atoms with Gasteiger partial charge >= 0.3 is 0 Å². The maximum absolute atomic E-state index is 11.8. The van der Waals surface area contributed by atoms with Gasteiger partial charge in [0.2, 0.25) is 10.0 Å². The van der Waals surface area contributed by atoms with E-state index >= 15 is 0 Å². The van der Waals surface area contributed by atoms with Crippen molar-refractivity contribution in [2.24, 2.45) is 5.92 Å². The van der Waals surface area contributed by atoms with Gasteiger partial charge in [-0.2, -0.15) is 4.31 Å². The van der Waals surface area contributed by atoms with Crippen LogP contribution in [0.1, 0.15) is 57.1 Å². The van der Waals surface area contributed by atoms with Crippen molar-refractivity contribution < 1.29 is 13.2 Å². The van der Waals surface area contributed by atoms with Crippen LogP contribution < -0.4 is 4.74 Å². The Bertz CT molecular complexity index is 884. The van der Waals surface area contributed by atoms with Crippen molar-refractivity contribution in [1.82, 2.24) is 9.21 Å². The Morgan fingerprint density at radius 3 is 2.68 bits per heavy atom. The molecule has 0 unspecified atom stereocenters. The molecule has 3 rings (SSSR count).